The van der Waals surface area contributed by atoms with Crippen LogP contribution in [0.5, 0.6) is 0 Å². The molecule has 0 radical (unpaired) electrons. The smallest absolute Gasteiger partial charge is 0.217 e. The summed E-state index contributed by atoms with van der Waals surface area (Å²) in [5, 5.41) is 83.7. The van der Waals surface area contributed by atoms with E-state index in [0.29, 0.717) is 0 Å². The largest absolute Gasteiger partial charge is 0.394 e. The molecule has 3 rings (SSSR count). The van der Waals surface area contributed by atoms with Gasteiger partial charge < -0.3 is 69.9 Å². The summed E-state index contributed by atoms with van der Waals surface area (Å²) in [5.41, 5.74) is 0. The van der Waals surface area contributed by atoms with Gasteiger partial charge in [0.15, 0.2) is 18.9 Å². The highest BCUT2D eigenvalue weighted by molar-refractivity contribution is 5.73. The van der Waals surface area contributed by atoms with Crippen LogP contribution in [0.1, 0.15) is 20.8 Å². The van der Waals surface area contributed by atoms with Crippen LogP contribution in [-0.2, 0) is 28.5 Å². The van der Waals surface area contributed by atoms with Crippen molar-refractivity contribution in [2.45, 2.75) is 113 Å². The van der Waals surface area contributed by atoms with E-state index in [4.69, 9.17) is 23.7 Å². The first-order chi connectivity index (χ1) is 16.4. The Kier molecular flexibility index (Phi) is 9.42. The van der Waals surface area contributed by atoms with Gasteiger partial charge in [0.1, 0.15) is 61.0 Å². The van der Waals surface area contributed by atoms with Crippen LogP contribution in [-0.4, -0.2) is 145 Å². The summed E-state index contributed by atoms with van der Waals surface area (Å²) in [6, 6.07) is -1.36. The molecule has 3 saturated heterocycles. The van der Waals surface area contributed by atoms with Crippen molar-refractivity contribution in [3.63, 3.8) is 0 Å². The molecule has 0 aliphatic carbocycles. The molecule has 15 nitrogen and oxygen atoms in total. The maximum atomic E-state index is 11.8. The molecule has 15 atom stereocenters. The zero-order valence-electron chi connectivity index (χ0n) is 19.4. The molecule has 3 heterocycles. The summed E-state index contributed by atoms with van der Waals surface area (Å²) < 4.78 is 27.9. The third-order valence-corrected chi connectivity index (χ3v) is 6.41. The zero-order valence-corrected chi connectivity index (χ0v) is 19.4. The Labute approximate surface area is 200 Å². The van der Waals surface area contributed by atoms with Gasteiger partial charge in [-0.25, -0.2) is 0 Å². The number of amides is 1. The van der Waals surface area contributed by atoms with Gasteiger partial charge >= 0.3 is 0 Å². The fourth-order valence-electron chi connectivity index (χ4n) is 4.34. The molecule has 0 aromatic carbocycles. The van der Waals surface area contributed by atoms with Gasteiger partial charge in [-0.15, -0.1) is 0 Å². The molecule has 3 aliphatic rings. The van der Waals surface area contributed by atoms with Gasteiger partial charge in [-0.3, -0.25) is 4.79 Å². The highest BCUT2D eigenvalue weighted by Gasteiger charge is 2.53. The van der Waals surface area contributed by atoms with E-state index in [-0.39, 0.29) is 0 Å². The molecule has 9 N–H and O–H groups in total. The minimum absolute atomic E-state index is 0.609. The normalized spacial score (nSPS) is 51.1. The molecule has 0 spiro atoms. The fourth-order valence-corrected chi connectivity index (χ4v) is 4.34. The number of hydrogen-bond acceptors (Lipinski definition) is 14. The number of carbonyl (C=O) groups is 1. The van der Waals surface area contributed by atoms with Gasteiger partial charge in [0.25, 0.3) is 0 Å². The van der Waals surface area contributed by atoms with Crippen molar-refractivity contribution in [2.24, 2.45) is 0 Å². The van der Waals surface area contributed by atoms with E-state index in [2.05, 4.69) is 5.32 Å². The number of aliphatic hydroxyl groups excluding tert-OH is 8. The van der Waals surface area contributed by atoms with Gasteiger partial charge in [0.05, 0.1) is 18.8 Å². The van der Waals surface area contributed by atoms with E-state index in [0.717, 1.165) is 6.92 Å². The first-order valence-electron chi connectivity index (χ1n) is 11.3. The summed E-state index contributed by atoms with van der Waals surface area (Å²) in [6.45, 7) is 3.27. The first-order valence-corrected chi connectivity index (χ1v) is 11.3. The van der Waals surface area contributed by atoms with Crippen LogP contribution in [0.3, 0.4) is 0 Å². The van der Waals surface area contributed by atoms with Crippen molar-refractivity contribution >= 4 is 5.91 Å². The van der Waals surface area contributed by atoms with E-state index in [1.165, 1.54) is 13.8 Å². The molecule has 3 aliphatic heterocycles. The Morgan fingerprint density at radius 2 is 1.20 bits per heavy atom. The highest BCUT2D eigenvalue weighted by atomic mass is 16.7. The second-order valence-electron chi connectivity index (χ2n) is 9.04. The maximum absolute atomic E-state index is 11.8. The lowest BCUT2D eigenvalue weighted by Gasteiger charge is -2.49. The number of hydrogen-bond donors (Lipinski definition) is 9. The summed E-state index contributed by atoms with van der Waals surface area (Å²) in [4.78, 5) is 11.8. The summed E-state index contributed by atoms with van der Waals surface area (Å²) in [6.07, 6.45) is -20.6. The van der Waals surface area contributed by atoms with Crippen LogP contribution in [0.4, 0.5) is 0 Å². The van der Waals surface area contributed by atoms with Crippen molar-refractivity contribution in [2.75, 3.05) is 6.61 Å². The summed E-state index contributed by atoms with van der Waals surface area (Å²) >= 11 is 0. The number of rotatable bonds is 6. The van der Waals surface area contributed by atoms with E-state index in [9.17, 15) is 45.6 Å². The van der Waals surface area contributed by atoms with Crippen LogP contribution in [0.15, 0.2) is 0 Å². The quantitative estimate of drug-likeness (QED) is 0.161. The molecule has 0 aromatic heterocycles. The molecule has 15 heteroatoms. The molecule has 3 fully saturated rings. The third kappa shape index (κ3) is 5.93. The standard InChI is InChI=1S/C20H35NO14/c1-5-10(24)12(26)14(28)19(31-5)34-16-8(4-22)33-18(30)9(21-7(3)23)17(16)35-20-15(29)13(27)11(25)6(2)32-20/h5-6,8-20,22,24-30H,4H2,1-3H3,(H,21,23)/t5-,6+,8+,9+,10+,11-,12+,13-,14-,15+,16+,17+,18+,19-,20-/m0/s1. The van der Waals surface area contributed by atoms with Gasteiger partial charge in [-0.2, -0.15) is 0 Å². The van der Waals surface area contributed by atoms with Crippen molar-refractivity contribution < 1.29 is 69.3 Å². The van der Waals surface area contributed by atoms with Crippen LogP contribution in [0.2, 0.25) is 0 Å². The average molecular weight is 513 g/mol. The number of nitrogens with one attached hydrogen (secondary N) is 1. The Balaban J connectivity index is 1.91. The lowest BCUT2D eigenvalue weighted by molar-refractivity contribution is -0.368. The molecule has 1 amide bonds. The van der Waals surface area contributed by atoms with Crippen molar-refractivity contribution in [1.82, 2.24) is 5.32 Å². The molecular weight excluding hydrogens is 478 g/mol. The summed E-state index contributed by atoms with van der Waals surface area (Å²) in [5.74, 6) is -0.609. The van der Waals surface area contributed by atoms with Crippen molar-refractivity contribution in [3.05, 3.63) is 0 Å². The van der Waals surface area contributed by atoms with Gasteiger partial charge in [0.2, 0.25) is 5.91 Å². The third-order valence-electron chi connectivity index (χ3n) is 6.41. The van der Waals surface area contributed by atoms with Crippen LogP contribution >= 0.6 is 0 Å². The maximum Gasteiger partial charge on any atom is 0.217 e. The Morgan fingerprint density at radius 1 is 0.743 bits per heavy atom. The lowest BCUT2D eigenvalue weighted by Crippen LogP contribution is -2.69. The second kappa shape index (κ2) is 11.6. The highest BCUT2D eigenvalue weighted by Crippen LogP contribution is 2.32. The molecule has 35 heavy (non-hydrogen) atoms. The van der Waals surface area contributed by atoms with Crippen molar-refractivity contribution in [3.8, 4) is 0 Å². The zero-order chi connectivity index (χ0) is 26.2. The fraction of sp³-hybridized carbons (Fsp3) is 0.950. The lowest BCUT2D eigenvalue weighted by atomic mass is 9.94. The number of aliphatic hydroxyl groups is 8. The predicted molar refractivity (Wildman–Crippen MR) is 110 cm³/mol. The Hall–Kier alpha value is -1.05. The molecule has 204 valence electrons. The van der Waals surface area contributed by atoms with E-state index >= 15 is 0 Å². The van der Waals surface area contributed by atoms with Crippen LogP contribution in [0.25, 0.3) is 0 Å². The molecule has 0 saturated carbocycles. The van der Waals surface area contributed by atoms with Gasteiger partial charge in [-0.1, -0.05) is 0 Å². The number of ether oxygens (including phenoxy) is 5. The van der Waals surface area contributed by atoms with E-state index in [1.54, 1.807) is 0 Å². The predicted octanol–water partition coefficient (Wildman–Crippen LogP) is -5.37. The van der Waals surface area contributed by atoms with Gasteiger partial charge in [0, 0.05) is 6.92 Å². The van der Waals surface area contributed by atoms with Gasteiger partial charge in [-0.05, 0) is 13.8 Å². The minimum Gasteiger partial charge on any atom is -0.394 e. The molecule has 0 aromatic rings. The molecule has 0 unspecified atom stereocenters. The van der Waals surface area contributed by atoms with E-state index in [1.807, 2.05) is 0 Å². The Morgan fingerprint density at radius 3 is 1.63 bits per heavy atom. The van der Waals surface area contributed by atoms with Crippen LogP contribution in [0, 0.1) is 0 Å². The first kappa shape index (κ1) is 28.5. The average Bonchev–Trinajstić information content (AvgIpc) is 2.81. The molecule has 0 bridgehead atoms. The minimum atomic E-state index is -1.75. The van der Waals surface area contributed by atoms with Crippen LogP contribution < -0.4 is 5.32 Å². The van der Waals surface area contributed by atoms with Crippen molar-refractivity contribution in [1.29, 1.82) is 0 Å². The topological polar surface area (TPSA) is 237 Å². The van der Waals surface area contributed by atoms with E-state index < -0.39 is 105 Å². The number of carbonyl (C=O) groups excluding carboxylic acids is 1. The monoisotopic (exact) mass is 513 g/mol. The molecular formula is C20H35NO14. The summed E-state index contributed by atoms with van der Waals surface area (Å²) in [7, 11) is 0. The Bertz CT molecular complexity index is 715. The SMILES string of the molecule is CC(=O)N[C@@H]1[C@@H](O[C@@H]2O[C@H](C)[C@H](O)[C@H](O)[C@H]2O)[C@H](O[C@@H]2O[C@@H](C)[C@@H](O)[C@@H](O)[C@@H]2O)[C@@H](CO)O[C@H]1O. The second-order valence-corrected chi connectivity index (χ2v) is 9.04.